The SMILES string of the molecule is COc1cc(OC)c(OC)cc1CNCc1scnc1C. The maximum absolute atomic E-state index is 5.41. The van der Waals surface area contributed by atoms with E-state index < -0.39 is 0 Å². The van der Waals surface area contributed by atoms with Gasteiger partial charge in [0.1, 0.15) is 5.75 Å². The molecule has 0 amide bonds. The second kappa shape index (κ2) is 7.28. The largest absolute Gasteiger partial charge is 0.496 e. The van der Waals surface area contributed by atoms with E-state index in [1.165, 1.54) is 4.88 Å². The molecule has 1 aromatic carbocycles. The first-order chi connectivity index (χ1) is 10.2. The Hall–Kier alpha value is -1.79. The lowest BCUT2D eigenvalue weighted by Crippen LogP contribution is -2.13. The quantitative estimate of drug-likeness (QED) is 0.852. The average Bonchev–Trinajstić information content (AvgIpc) is 2.92. The van der Waals surface area contributed by atoms with Gasteiger partial charge in [0.2, 0.25) is 0 Å². The number of rotatable bonds is 7. The second-order valence-corrected chi connectivity index (χ2v) is 5.42. The summed E-state index contributed by atoms with van der Waals surface area (Å²) >= 11 is 1.66. The molecule has 0 saturated heterocycles. The lowest BCUT2D eigenvalue weighted by molar-refractivity contribution is 0.347. The van der Waals surface area contributed by atoms with E-state index in [4.69, 9.17) is 14.2 Å². The van der Waals surface area contributed by atoms with Crippen LogP contribution < -0.4 is 19.5 Å². The molecule has 1 aromatic heterocycles. The number of aromatic nitrogens is 1. The highest BCUT2D eigenvalue weighted by molar-refractivity contribution is 7.09. The third kappa shape index (κ3) is 3.65. The lowest BCUT2D eigenvalue weighted by Gasteiger charge is -2.14. The van der Waals surface area contributed by atoms with Crippen LogP contribution in [0.25, 0.3) is 0 Å². The highest BCUT2D eigenvalue weighted by Gasteiger charge is 2.11. The fourth-order valence-corrected chi connectivity index (χ4v) is 2.78. The lowest BCUT2D eigenvalue weighted by atomic mass is 10.1. The molecule has 1 heterocycles. The first-order valence-corrected chi connectivity index (χ1v) is 7.46. The maximum Gasteiger partial charge on any atom is 0.164 e. The molecule has 0 bridgehead atoms. The van der Waals surface area contributed by atoms with E-state index in [0.29, 0.717) is 18.0 Å². The molecule has 0 radical (unpaired) electrons. The molecule has 0 fully saturated rings. The summed E-state index contributed by atoms with van der Waals surface area (Å²) < 4.78 is 16.0. The van der Waals surface area contributed by atoms with Crippen LogP contribution in [0.5, 0.6) is 17.2 Å². The Labute approximate surface area is 128 Å². The van der Waals surface area contributed by atoms with Crippen molar-refractivity contribution in [3.8, 4) is 17.2 Å². The van der Waals surface area contributed by atoms with Crippen LogP contribution in [0, 0.1) is 6.92 Å². The summed E-state index contributed by atoms with van der Waals surface area (Å²) in [6.45, 7) is 3.49. The summed E-state index contributed by atoms with van der Waals surface area (Å²) in [6, 6.07) is 3.78. The number of ether oxygens (including phenoxy) is 3. The highest BCUT2D eigenvalue weighted by atomic mass is 32.1. The van der Waals surface area contributed by atoms with Crippen molar-refractivity contribution in [1.29, 1.82) is 0 Å². The van der Waals surface area contributed by atoms with Crippen molar-refractivity contribution in [2.45, 2.75) is 20.0 Å². The number of thiazole rings is 1. The van der Waals surface area contributed by atoms with Crippen LogP contribution in [-0.2, 0) is 13.1 Å². The zero-order chi connectivity index (χ0) is 15.2. The highest BCUT2D eigenvalue weighted by Crippen LogP contribution is 2.34. The molecule has 0 spiro atoms. The average molecular weight is 308 g/mol. The zero-order valence-corrected chi connectivity index (χ0v) is 13.5. The number of benzene rings is 1. The third-order valence-corrected chi connectivity index (χ3v) is 4.17. The second-order valence-electron chi connectivity index (χ2n) is 4.48. The Morgan fingerprint density at radius 1 is 1.00 bits per heavy atom. The molecule has 0 atom stereocenters. The molecule has 5 nitrogen and oxygen atoms in total. The molecule has 1 N–H and O–H groups in total. The summed E-state index contributed by atoms with van der Waals surface area (Å²) in [5, 5.41) is 3.40. The molecule has 2 aromatic rings. The minimum absolute atomic E-state index is 0.663. The van der Waals surface area contributed by atoms with Gasteiger partial charge in [-0.3, -0.25) is 0 Å². The van der Waals surface area contributed by atoms with Crippen LogP contribution in [0.4, 0.5) is 0 Å². The molecule has 0 aliphatic heterocycles. The van der Waals surface area contributed by atoms with E-state index >= 15 is 0 Å². The summed E-state index contributed by atoms with van der Waals surface area (Å²) in [5.74, 6) is 2.14. The van der Waals surface area contributed by atoms with Crippen molar-refractivity contribution in [3.05, 3.63) is 33.8 Å². The van der Waals surface area contributed by atoms with Crippen LogP contribution in [0.3, 0.4) is 0 Å². The number of methoxy groups -OCH3 is 3. The van der Waals surface area contributed by atoms with Crippen molar-refractivity contribution in [2.24, 2.45) is 0 Å². The summed E-state index contributed by atoms with van der Waals surface area (Å²) in [6.07, 6.45) is 0. The van der Waals surface area contributed by atoms with Crippen LogP contribution in [0.1, 0.15) is 16.1 Å². The molecule has 114 valence electrons. The van der Waals surface area contributed by atoms with Gasteiger partial charge in [-0.05, 0) is 13.0 Å². The number of hydrogen-bond acceptors (Lipinski definition) is 6. The number of nitrogens with one attached hydrogen (secondary N) is 1. The smallest absolute Gasteiger partial charge is 0.164 e. The van der Waals surface area contributed by atoms with E-state index in [1.54, 1.807) is 32.7 Å². The Morgan fingerprint density at radius 2 is 1.67 bits per heavy atom. The molecule has 6 heteroatoms. The summed E-state index contributed by atoms with van der Waals surface area (Å²) in [4.78, 5) is 5.49. The predicted molar refractivity (Wildman–Crippen MR) is 83.5 cm³/mol. The van der Waals surface area contributed by atoms with Crippen molar-refractivity contribution < 1.29 is 14.2 Å². The van der Waals surface area contributed by atoms with E-state index in [1.807, 2.05) is 24.6 Å². The fourth-order valence-electron chi connectivity index (χ4n) is 2.04. The molecule has 0 unspecified atom stereocenters. The number of hydrogen-bond donors (Lipinski definition) is 1. The minimum Gasteiger partial charge on any atom is -0.496 e. The monoisotopic (exact) mass is 308 g/mol. The normalized spacial score (nSPS) is 10.5. The van der Waals surface area contributed by atoms with Crippen molar-refractivity contribution >= 4 is 11.3 Å². The third-order valence-electron chi connectivity index (χ3n) is 3.23. The van der Waals surface area contributed by atoms with Crippen molar-refractivity contribution in [3.63, 3.8) is 0 Å². The van der Waals surface area contributed by atoms with Gasteiger partial charge in [0.15, 0.2) is 11.5 Å². The van der Waals surface area contributed by atoms with E-state index in [9.17, 15) is 0 Å². The van der Waals surface area contributed by atoms with Gasteiger partial charge >= 0.3 is 0 Å². The standard InChI is InChI=1S/C15H20N2O3S/c1-10-15(21-9-17-10)8-16-7-11-5-13(19-3)14(20-4)6-12(11)18-2/h5-6,9,16H,7-8H2,1-4H3. The molecule has 21 heavy (non-hydrogen) atoms. The first kappa shape index (κ1) is 15.6. The van der Waals surface area contributed by atoms with Crippen LogP contribution in [0.2, 0.25) is 0 Å². The molecule has 0 saturated carbocycles. The van der Waals surface area contributed by atoms with Gasteiger partial charge in [-0.15, -0.1) is 11.3 Å². The predicted octanol–water partition coefficient (Wildman–Crippen LogP) is 2.77. The van der Waals surface area contributed by atoms with Gasteiger partial charge < -0.3 is 19.5 Å². The van der Waals surface area contributed by atoms with Gasteiger partial charge in [-0.25, -0.2) is 4.98 Å². The van der Waals surface area contributed by atoms with Gasteiger partial charge in [-0.2, -0.15) is 0 Å². The summed E-state index contributed by atoms with van der Waals surface area (Å²) in [7, 11) is 4.89. The van der Waals surface area contributed by atoms with Gasteiger partial charge in [0.25, 0.3) is 0 Å². The topological polar surface area (TPSA) is 52.6 Å². The van der Waals surface area contributed by atoms with E-state index in [0.717, 1.165) is 23.6 Å². The molecular formula is C15H20N2O3S. The maximum atomic E-state index is 5.41. The van der Waals surface area contributed by atoms with Gasteiger partial charge in [0, 0.05) is 29.6 Å². The van der Waals surface area contributed by atoms with E-state index in [-0.39, 0.29) is 0 Å². The molecule has 2 rings (SSSR count). The number of aryl methyl sites for hydroxylation is 1. The van der Waals surface area contributed by atoms with Crippen LogP contribution >= 0.6 is 11.3 Å². The Morgan fingerprint density at radius 3 is 2.24 bits per heavy atom. The minimum atomic E-state index is 0.663. The van der Waals surface area contributed by atoms with Crippen LogP contribution in [-0.4, -0.2) is 26.3 Å². The Balaban J connectivity index is 2.09. The summed E-state index contributed by atoms with van der Waals surface area (Å²) in [5.41, 5.74) is 3.97. The van der Waals surface area contributed by atoms with Crippen LogP contribution in [0.15, 0.2) is 17.6 Å². The van der Waals surface area contributed by atoms with Crippen molar-refractivity contribution in [2.75, 3.05) is 21.3 Å². The first-order valence-electron chi connectivity index (χ1n) is 6.58. The Bertz CT molecular complexity index is 599. The van der Waals surface area contributed by atoms with Crippen molar-refractivity contribution in [1.82, 2.24) is 10.3 Å². The fraction of sp³-hybridized carbons (Fsp3) is 0.400. The molecule has 0 aliphatic rings. The van der Waals surface area contributed by atoms with Gasteiger partial charge in [-0.1, -0.05) is 0 Å². The molecule has 0 aliphatic carbocycles. The number of nitrogens with zero attached hydrogens (tertiary/aromatic N) is 1. The van der Waals surface area contributed by atoms with E-state index in [2.05, 4.69) is 10.3 Å². The van der Waals surface area contributed by atoms with Gasteiger partial charge in [0.05, 0.1) is 32.5 Å². The zero-order valence-electron chi connectivity index (χ0n) is 12.7. The molecular weight excluding hydrogens is 288 g/mol. The Kier molecular flexibility index (Phi) is 5.41.